The minimum Gasteiger partial charge on any atom is -0.452 e. The van der Waals surface area contributed by atoms with Crippen LogP contribution >= 0.6 is 0 Å². The molecule has 1 aliphatic heterocycles. The van der Waals surface area contributed by atoms with Gasteiger partial charge in [0.2, 0.25) is 5.78 Å². The van der Waals surface area contributed by atoms with Crippen LogP contribution in [0, 0.1) is 6.92 Å². The highest BCUT2D eigenvalue weighted by Gasteiger charge is 2.30. The lowest BCUT2D eigenvalue weighted by molar-refractivity contribution is 0.0733. The van der Waals surface area contributed by atoms with Gasteiger partial charge in [-0.25, -0.2) is 4.79 Å². The second-order valence-corrected chi connectivity index (χ2v) is 7.25. The van der Waals surface area contributed by atoms with Crippen LogP contribution in [-0.2, 0) is 0 Å². The van der Waals surface area contributed by atoms with E-state index in [1.807, 2.05) is 49.3 Å². The van der Waals surface area contributed by atoms with Crippen LogP contribution in [0.1, 0.15) is 31.8 Å². The van der Waals surface area contributed by atoms with Gasteiger partial charge in [0, 0.05) is 25.3 Å². The molecule has 0 radical (unpaired) electrons. The van der Waals surface area contributed by atoms with E-state index in [1.165, 1.54) is 0 Å². The van der Waals surface area contributed by atoms with Crippen molar-refractivity contribution in [1.82, 2.24) is 0 Å². The zero-order valence-corrected chi connectivity index (χ0v) is 17.0. The molecular formula is C25H21NO4. The highest BCUT2D eigenvalue weighted by molar-refractivity contribution is 6.15. The number of fused-ring (bicyclic) bond motifs is 1. The first-order chi connectivity index (χ1) is 14.4. The Morgan fingerprint density at radius 1 is 0.967 bits per heavy atom. The topological polar surface area (TPSA) is 55.8 Å². The molecular weight excluding hydrogens is 378 g/mol. The molecule has 5 heteroatoms. The maximum Gasteiger partial charge on any atom is 0.343 e. The maximum absolute atomic E-state index is 12.8. The summed E-state index contributed by atoms with van der Waals surface area (Å²) in [6, 6.07) is 19.8. The number of nitrogens with zero attached hydrogens (tertiary/aromatic N) is 1. The number of ether oxygens (including phenoxy) is 2. The molecule has 30 heavy (non-hydrogen) atoms. The number of Topliss-reactive ketones (excluding diaryl/α,β-unsaturated/α-hetero) is 1. The average molecular weight is 399 g/mol. The summed E-state index contributed by atoms with van der Waals surface area (Å²) in [4.78, 5) is 27.1. The van der Waals surface area contributed by atoms with Gasteiger partial charge < -0.3 is 14.4 Å². The van der Waals surface area contributed by atoms with Gasteiger partial charge in [-0.05, 0) is 55.0 Å². The van der Waals surface area contributed by atoms with Crippen LogP contribution in [0.5, 0.6) is 11.5 Å². The monoisotopic (exact) mass is 399 g/mol. The second kappa shape index (κ2) is 7.87. The third-order valence-electron chi connectivity index (χ3n) is 4.96. The molecule has 0 aromatic heterocycles. The average Bonchev–Trinajstić information content (AvgIpc) is 3.07. The number of hydrogen-bond donors (Lipinski definition) is 0. The summed E-state index contributed by atoms with van der Waals surface area (Å²) in [6.45, 7) is 1.77. The van der Waals surface area contributed by atoms with Gasteiger partial charge in [-0.15, -0.1) is 0 Å². The number of allylic oxidation sites excluding steroid dienone is 1. The molecule has 0 saturated carbocycles. The van der Waals surface area contributed by atoms with E-state index in [9.17, 15) is 9.59 Å². The van der Waals surface area contributed by atoms with Crippen molar-refractivity contribution in [2.75, 3.05) is 19.0 Å². The number of carbonyl (C=O) groups is 2. The van der Waals surface area contributed by atoms with Crippen LogP contribution < -0.4 is 14.4 Å². The van der Waals surface area contributed by atoms with Gasteiger partial charge in [0.25, 0.3) is 0 Å². The number of benzene rings is 3. The lowest BCUT2D eigenvalue weighted by Gasteiger charge is -2.12. The van der Waals surface area contributed by atoms with E-state index in [-0.39, 0.29) is 11.5 Å². The van der Waals surface area contributed by atoms with Crippen molar-refractivity contribution in [2.24, 2.45) is 0 Å². The predicted molar refractivity (Wildman–Crippen MR) is 116 cm³/mol. The van der Waals surface area contributed by atoms with Gasteiger partial charge in [-0.2, -0.15) is 0 Å². The Hall–Kier alpha value is -3.86. The van der Waals surface area contributed by atoms with Crippen LogP contribution in [-0.4, -0.2) is 25.8 Å². The molecule has 0 unspecified atom stereocenters. The molecule has 0 aliphatic carbocycles. The summed E-state index contributed by atoms with van der Waals surface area (Å²) >= 11 is 0. The minimum absolute atomic E-state index is 0.189. The molecule has 0 saturated heterocycles. The molecule has 0 atom stereocenters. The number of hydrogen-bond acceptors (Lipinski definition) is 5. The third kappa shape index (κ3) is 3.70. The zero-order chi connectivity index (χ0) is 21.3. The van der Waals surface area contributed by atoms with Crippen molar-refractivity contribution in [3.8, 4) is 11.5 Å². The number of anilines is 1. The number of rotatable bonds is 4. The lowest BCUT2D eigenvalue weighted by atomic mass is 10.1. The molecule has 0 bridgehead atoms. The summed E-state index contributed by atoms with van der Waals surface area (Å²) in [6.07, 6.45) is 1.72. The molecule has 4 rings (SSSR count). The Morgan fingerprint density at radius 2 is 1.67 bits per heavy atom. The molecule has 3 aromatic rings. The third-order valence-corrected chi connectivity index (χ3v) is 4.96. The quantitative estimate of drug-likeness (QED) is 0.355. The molecule has 0 fully saturated rings. The van der Waals surface area contributed by atoms with E-state index >= 15 is 0 Å². The van der Waals surface area contributed by atoms with Crippen molar-refractivity contribution < 1.29 is 19.1 Å². The molecule has 150 valence electrons. The Morgan fingerprint density at radius 3 is 2.33 bits per heavy atom. The predicted octanol–water partition coefficient (Wildman–Crippen LogP) is 4.90. The normalized spacial score (nSPS) is 13.7. The van der Waals surface area contributed by atoms with Crippen LogP contribution in [0.3, 0.4) is 0 Å². The first-order valence-electron chi connectivity index (χ1n) is 9.56. The molecule has 0 spiro atoms. The van der Waals surface area contributed by atoms with Crippen molar-refractivity contribution in [3.05, 3.63) is 94.7 Å². The van der Waals surface area contributed by atoms with Gasteiger partial charge in [-0.3, -0.25) is 4.79 Å². The Balaban J connectivity index is 1.58. The van der Waals surface area contributed by atoms with Gasteiger partial charge in [0.05, 0.1) is 11.1 Å². The smallest absolute Gasteiger partial charge is 0.343 e. The number of esters is 1. The zero-order valence-electron chi connectivity index (χ0n) is 17.0. The summed E-state index contributed by atoms with van der Waals surface area (Å²) in [5, 5.41) is 0. The van der Waals surface area contributed by atoms with Gasteiger partial charge >= 0.3 is 5.97 Å². The molecule has 1 aliphatic rings. The Kier molecular flexibility index (Phi) is 5.11. The fourth-order valence-electron chi connectivity index (χ4n) is 3.23. The molecule has 0 N–H and O–H groups in total. The minimum atomic E-state index is -0.459. The maximum atomic E-state index is 12.8. The molecule has 3 aromatic carbocycles. The van der Waals surface area contributed by atoms with Crippen molar-refractivity contribution in [2.45, 2.75) is 6.92 Å². The first-order valence-corrected chi connectivity index (χ1v) is 9.56. The van der Waals surface area contributed by atoms with E-state index in [0.717, 1.165) is 11.3 Å². The van der Waals surface area contributed by atoms with Crippen LogP contribution in [0.4, 0.5) is 5.69 Å². The highest BCUT2D eigenvalue weighted by atomic mass is 16.5. The summed E-state index contributed by atoms with van der Waals surface area (Å²) in [5.74, 6) is 0.393. The second-order valence-electron chi connectivity index (χ2n) is 7.25. The van der Waals surface area contributed by atoms with Crippen molar-refractivity contribution in [1.29, 1.82) is 0 Å². The molecule has 0 amide bonds. The summed E-state index contributed by atoms with van der Waals surface area (Å²) in [7, 11) is 3.94. The standard InChI is InChI=1S/C25H21NO4/c1-16-21(30-25(28)18-7-5-4-6-8-18)14-13-20-23(27)22(29-24(16)20)15-17-9-11-19(12-10-17)26(2)3/h4-15H,1-3H3/b22-15-. The van der Waals surface area contributed by atoms with Crippen LogP contribution in [0.25, 0.3) is 6.08 Å². The van der Waals surface area contributed by atoms with E-state index in [4.69, 9.17) is 9.47 Å². The van der Waals surface area contributed by atoms with Gasteiger partial charge in [0.15, 0.2) is 5.76 Å². The molecule has 5 nitrogen and oxygen atoms in total. The SMILES string of the molecule is Cc1c(OC(=O)c2ccccc2)ccc2c1O/C(=C\c1ccc(N(C)C)cc1)C2=O. The Bertz CT molecular complexity index is 1150. The van der Waals surface area contributed by atoms with Crippen LogP contribution in [0.2, 0.25) is 0 Å². The highest BCUT2D eigenvalue weighted by Crippen LogP contribution is 2.39. The number of carbonyl (C=O) groups excluding carboxylic acids is 2. The van der Waals surface area contributed by atoms with E-state index in [1.54, 1.807) is 49.4 Å². The van der Waals surface area contributed by atoms with Crippen LogP contribution in [0.15, 0.2) is 72.5 Å². The van der Waals surface area contributed by atoms with Gasteiger partial charge in [0.1, 0.15) is 11.5 Å². The molecule has 1 heterocycles. The van der Waals surface area contributed by atoms with E-state index < -0.39 is 5.97 Å². The lowest BCUT2D eigenvalue weighted by Crippen LogP contribution is -2.09. The van der Waals surface area contributed by atoms with E-state index in [2.05, 4.69) is 0 Å². The fourth-order valence-corrected chi connectivity index (χ4v) is 3.23. The van der Waals surface area contributed by atoms with E-state index in [0.29, 0.717) is 28.2 Å². The first kappa shape index (κ1) is 19.5. The van der Waals surface area contributed by atoms with Gasteiger partial charge in [-0.1, -0.05) is 30.3 Å². The van der Waals surface area contributed by atoms with Crippen molar-refractivity contribution >= 4 is 23.5 Å². The fraction of sp³-hybridized carbons (Fsp3) is 0.120. The summed E-state index contributed by atoms with van der Waals surface area (Å²) in [5.41, 5.74) is 3.46. The Labute approximate surface area is 175 Å². The number of ketones is 1. The largest absolute Gasteiger partial charge is 0.452 e. The summed E-state index contributed by atoms with van der Waals surface area (Å²) < 4.78 is 11.4. The van der Waals surface area contributed by atoms with Crippen molar-refractivity contribution in [3.63, 3.8) is 0 Å².